The van der Waals surface area contributed by atoms with Gasteiger partial charge in [0.2, 0.25) is 5.91 Å². The van der Waals surface area contributed by atoms with Gasteiger partial charge in [0.1, 0.15) is 0 Å². The van der Waals surface area contributed by atoms with E-state index in [9.17, 15) is 14.4 Å². The number of fused-ring (bicyclic) bond motifs is 1. The maximum absolute atomic E-state index is 12.3. The number of imide groups is 1. The summed E-state index contributed by atoms with van der Waals surface area (Å²) >= 11 is 1.26. The van der Waals surface area contributed by atoms with E-state index >= 15 is 0 Å². The van der Waals surface area contributed by atoms with Crippen molar-refractivity contribution in [2.24, 2.45) is 11.7 Å². The predicted molar refractivity (Wildman–Crippen MR) is 104 cm³/mol. The molecule has 1 heterocycles. The smallest absolute Gasteiger partial charge is 0.338 e. The monoisotopic (exact) mass is 392 g/mol. The molecule has 2 aromatic rings. The molecule has 2 rings (SSSR count). The normalized spacial score (nSPS) is 12.2. The van der Waals surface area contributed by atoms with Gasteiger partial charge in [-0.25, -0.2) is 14.6 Å². The average molecular weight is 392 g/mol. The second-order valence-corrected chi connectivity index (χ2v) is 7.31. The maximum atomic E-state index is 12.3. The van der Waals surface area contributed by atoms with Crippen LogP contribution in [0.25, 0.3) is 11.0 Å². The molecule has 27 heavy (non-hydrogen) atoms. The number of hydrogen-bond acceptors (Lipinski definition) is 6. The molecule has 0 aliphatic carbocycles. The van der Waals surface area contributed by atoms with Crippen LogP contribution < -0.4 is 11.1 Å². The van der Waals surface area contributed by atoms with E-state index in [0.29, 0.717) is 29.4 Å². The van der Waals surface area contributed by atoms with E-state index in [1.54, 1.807) is 19.1 Å². The number of urea groups is 1. The summed E-state index contributed by atoms with van der Waals surface area (Å²) in [6.07, 6.45) is 0. The Labute approximate surface area is 161 Å². The highest BCUT2D eigenvalue weighted by molar-refractivity contribution is 8.00. The number of benzene rings is 1. The Balaban J connectivity index is 2.40. The molecule has 0 spiro atoms. The molecule has 0 bridgehead atoms. The molecule has 0 aliphatic heterocycles. The fourth-order valence-corrected chi connectivity index (χ4v) is 3.81. The fourth-order valence-electron chi connectivity index (χ4n) is 2.64. The number of hydrogen-bond donors (Lipinski definition) is 2. The van der Waals surface area contributed by atoms with Gasteiger partial charge >= 0.3 is 12.0 Å². The molecule has 1 atom stereocenters. The second kappa shape index (κ2) is 8.90. The SMILES string of the molecule is CCOC(=O)c1ccc2c(c1)nc(S[C@H](C(=O)NC(N)=O)C(C)C)n2CC. The Morgan fingerprint density at radius 3 is 2.56 bits per heavy atom. The van der Waals surface area contributed by atoms with E-state index in [-0.39, 0.29) is 5.92 Å². The summed E-state index contributed by atoms with van der Waals surface area (Å²) in [7, 11) is 0. The number of aryl methyl sites for hydroxylation is 1. The van der Waals surface area contributed by atoms with Crippen LogP contribution in [0.15, 0.2) is 23.4 Å². The van der Waals surface area contributed by atoms with Gasteiger partial charge in [-0.2, -0.15) is 0 Å². The number of primary amides is 1. The van der Waals surface area contributed by atoms with Crippen molar-refractivity contribution in [3.8, 4) is 0 Å². The number of rotatable bonds is 7. The summed E-state index contributed by atoms with van der Waals surface area (Å²) in [4.78, 5) is 39.9. The number of nitrogens with one attached hydrogen (secondary N) is 1. The van der Waals surface area contributed by atoms with Gasteiger partial charge in [0.05, 0.1) is 28.5 Å². The van der Waals surface area contributed by atoms with Crippen LogP contribution in [0, 0.1) is 5.92 Å². The van der Waals surface area contributed by atoms with E-state index in [0.717, 1.165) is 5.52 Å². The number of aromatic nitrogens is 2. The van der Waals surface area contributed by atoms with Gasteiger partial charge in [-0.05, 0) is 38.0 Å². The highest BCUT2D eigenvalue weighted by Gasteiger charge is 2.27. The summed E-state index contributed by atoms with van der Waals surface area (Å²) in [5, 5.41) is 2.23. The lowest BCUT2D eigenvalue weighted by atomic mass is 10.1. The van der Waals surface area contributed by atoms with E-state index in [4.69, 9.17) is 10.5 Å². The molecule has 0 fully saturated rings. The van der Waals surface area contributed by atoms with Crippen molar-refractivity contribution in [1.29, 1.82) is 0 Å². The van der Waals surface area contributed by atoms with Gasteiger partial charge in [0.25, 0.3) is 0 Å². The van der Waals surface area contributed by atoms with Crippen molar-refractivity contribution in [3.05, 3.63) is 23.8 Å². The minimum Gasteiger partial charge on any atom is -0.462 e. The van der Waals surface area contributed by atoms with E-state index in [1.807, 2.05) is 31.4 Å². The zero-order valence-corrected chi connectivity index (χ0v) is 16.6. The lowest BCUT2D eigenvalue weighted by Gasteiger charge is -2.18. The highest BCUT2D eigenvalue weighted by Crippen LogP contribution is 2.31. The number of carbonyl (C=O) groups is 3. The van der Waals surface area contributed by atoms with Gasteiger partial charge in [0, 0.05) is 6.54 Å². The van der Waals surface area contributed by atoms with Gasteiger partial charge in [-0.3, -0.25) is 10.1 Å². The summed E-state index contributed by atoms with van der Waals surface area (Å²) in [6.45, 7) is 8.43. The third-order valence-corrected chi connectivity index (χ3v) is 5.42. The largest absolute Gasteiger partial charge is 0.462 e. The van der Waals surface area contributed by atoms with Crippen molar-refractivity contribution >= 4 is 40.7 Å². The number of amides is 3. The molecule has 0 unspecified atom stereocenters. The Morgan fingerprint density at radius 1 is 1.30 bits per heavy atom. The molecule has 0 saturated heterocycles. The zero-order chi connectivity index (χ0) is 20.1. The van der Waals surface area contributed by atoms with Crippen LogP contribution in [-0.2, 0) is 16.1 Å². The molecule has 9 heteroatoms. The van der Waals surface area contributed by atoms with Crippen LogP contribution in [0.4, 0.5) is 4.79 Å². The number of carbonyl (C=O) groups excluding carboxylic acids is 3. The number of thioether (sulfide) groups is 1. The number of nitrogens with two attached hydrogens (primary N) is 1. The highest BCUT2D eigenvalue weighted by atomic mass is 32.2. The van der Waals surface area contributed by atoms with Gasteiger partial charge < -0.3 is 15.0 Å². The third kappa shape index (κ3) is 4.79. The van der Waals surface area contributed by atoms with Crippen molar-refractivity contribution in [2.75, 3.05) is 6.61 Å². The molecular weight excluding hydrogens is 368 g/mol. The predicted octanol–water partition coefficient (Wildman–Crippen LogP) is 2.54. The number of ether oxygens (including phenoxy) is 1. The van der Waals surface area contributed by atoms with Crippen LogP contribution in [-0.4, -0.2) is 39.3 Å². The lowest BCUT2D eigenvalue weighted by Crippen LogP contribution is -2.42. The van der Waals surface area contributed by atoms with Crippen LogP contribution in [0.5, 0.6) is 0 Å². The van der Waals surface area contributed by atoms with Crippen LogP contribution in [0.2, 0.25) is 0 Å². The van der Waals surface area contributed by atoms with E-state index in [2.05, 4.69) is 10.3 Å². The van der Waals surface area contributed by atoms with Crippen LogP contribution in [0.1, 0.15) is 38.1 Å². The van der Waals surface area contributed by atoms with Crippen LogP contribution in [0.3, 0.4) is 0 Å². The zero-order valence-electron chi connectivity index (χ0n) is 15.8. The van der Waals surface area contributed by atoms with Crippen molar-refractivity contribution in [3.63, 3.8) is 0 Å². The first kappa shape index (κ1) is 20.8. The number of nitrogens with zero attached hydrogens (tertiary/aromatic N) is 2. The van der Waals surface area contributed by atoms with E-state index < -0.39 is 23.2 Å². The first-order chi connectivity index (χ1) is 12.8. The van der Waals surface area contributed by atoms with Crippen molar-refractivity contribution in [2.45, 2.75) is 44.6 Å². The molecule has 3 amide bonds. The second-order valence-electron chi connectivity index (χ2n) is 6.20. The molecule has 0 radical (unpaired) electrons. The average Bonchev–Trinajstić information content (AvgIpc) is 2.95. The first-order valence-electron chi connectivity index (χ1n) is 8.72. The standard InChI is InChI=1S/C18H24N4O4S/c1-5-22-13-8-7-11(16(24)26-6-2)9-12(13)20-18(22)27-14(10(3)4)15(23)21-17(19)25/h7-10,14H,5-6H2,1-4H3,(H3,19,21,23,25)/t14-/m0/s1. The van der Waals surface area contributed by atoms with Gasteiger partial charge in [-0.1, -0.05) is 25.6 Å². The molecule has 3 N–H and O–H groups in total. The maximum Gasteiger partial charge on any atom is 0.338 e. The molecule has 1 aromatic heterocycles. The van der Waals surface area contributed by atoms with Gasteiger partial charge in [0.15, 0.2) is 5.16 Å². The summed E-state index contributed by atoms with van der Waals surface area (Å²) in [6, 6.07) is 4.31. The van der Waals surface area contributed by atoms with Crippen LogP contribution >= 0.6 is 11.8 Å². The molecule has 0 aliphatic rings. The van der Waals surface area contributed by atoms with Gasteiger partial charge in [-0.15, -0.1) is 0 Å². The molecule has 8 nitrogen and oxygen atoms in total. The Bertz CT molecular complexity index is 862. The molecular formula is C18H24N4O4S. The fraction of sp³-hybridized carbons (Fsp3) is 0.444. The Morgan fingerprint density at radius 2 is 2.00 bits per heavy atom. The summed E-state index contributed by atoms with van der Waals surface area (Å²) in [5.41, 5.74) is 6.99. The third-order valence-electron chi connectivity index (χ3n) is 3.88. The minimum atomic E-state index is -0.880. The topological polar surface area (TPSA) is 116 Å². The summed E-state index contributed by atoms with van der Waals surface area (Å²) < 4.78 is 6.99. The Hall–Kier alpha value is -2.55. The van der Waals surface area contributed by atoms with Crippen molar-refractivity contribution in [1.82, 2.24) is 14.9 Å². The molecule has 1 aromatic carbocycles. The van der Waals surface area contributed by atoms with Crippen molar-refractivity contribution < 1.29 is 19.1 Å². The minimum absolute atomic E-state index is 0.0467. The summed E-state index contributed by atoms with van der Waals surface area (Å²) in [5.74, 6) is -0.903. The molecule has 146 valence electrons. The number of esters is 1. The molecule has 0 saturated carbocycles. The van der Waals surface area contributed by atoms with E-state index in [1.165, 1.54) is 11.8 Å². The first-order valence-corrected chi connectivity index (χ1v) is 9.60. The Kier molecular flexibility index (Phi) is 6.84. The lowest BCUT2D eigenvalue weighted by molar-refractivity contribution is -0.120. The quantitative estimate of drug-likeness (QED) is 0.552. The number of imidazole rings is 1.